The lowest BCUT2D eigenvalue weighted by atomic mass is 9.89. The predicted molar refractivity (Wildman–Crippen MR) is 91.2 cm³/mol. The van der Waals surface area contributed by atoms with Crippen molar-refractivity contribution in [3.63, 3.8) is 0 Å². The number of rotatable bonds is 6. The first-order valence-corrected chi connectivity index (χ1v) is 9.07. The van der Waals surface area contributed by atoms with E-state index in [9.17, 15) is 4.79 Å². The number of carbonyl (C=O) groups excluding carboxylic acids is 1. The number of thioether (sulfide) groups is 1. The number of nitrogens with one attached hydrogen (secondary N) is 1. The first-order chi connectivity index (χ1) is 11.2. The van der Waals surface area contributed by atoms with E-state index in [1.54, 1.807) is 18.9 Å². The van der Waals surface area contributed by atoms with Crippen molar-refractivity contribution in [3.8, 4) is 17.1 Å². The Kier molecular flexibility index (Phi) is 4.91. The van der Waals surface area contributed by atoms with E-state index >= 15 is 0 Å². The normalized spacial score (nSPS) is 12.4. The number of methoxy groups -OCH3 is 1. The molecule has 3 rings (SSSR count). The molecule has 1 amide bonds. The van der Waals surface area contributed by atoms with E-state index in [-0.39, 0.29) is 5.91 Å². The van der Waals surface area contributed by atoms with E-state index in [1.165, 1.54) is 5.56 Å². The van der Waals surface area contributed by atoms with E-state index in [0.717, 1.165) is 41.9 Å². The molecule has 6 heteroatoms. The maximum absolute atomic E-state index is 12.3. The maximum atomic E-state index is 12.3. The van der Waals surface area contributed by atoms with Gasteiger partial charge in [0.15, 0.2) is 11.5 Å². The SMILES string of the molecule is COc1ccc2c(c1)-c1onc(C(=O)NCCCSC)c1CC2. The number of nitrogens with zero attached hydrogens (tertiary/aromatic N) is 1. The molecule has 0 bridgehead atoms. The fourth-order valence-electron chi connectivity index (χ4n) is 2.80. The standard InChI is InChI=1S/C17H20N2O3S/c1-21-12-6-4-11-5-7-13-15(17(20)18-8-3-9-23-2)19-22-16(13)14(11)10-12/h4,6,10H,3,5,7-9H2,1-2H3,(H,18,20). The van der Waals surface area contributed by atoms with Crippen molar-refractivity contribution < 1.29 is 14.1 Å². The zero-order valence-electron chi connectivity index (χ0n) is 13.3. The largest absolute Gasteiger partial charge is 0.497 e. The predicted octanol–water partition coefficient (Wildman–Crippen LogP) is 2.93. The fraction of sp³-hybridized carbons (Fsp3) is 0.412. The third kappa shape index (κ3) is 3.22. The minimum Gasteiger partial charge on any atom is -0.497 e. The summed E-state index contributed by atoms with van der Waals surface area (Å²) in [6.45, 7) is 0.658. The Balaban J connectivity index is 1.82. The van der Waals surface area contributed by atoms with Gasteiger partial charge in [-0.1, -0.05) is 11.2 Å². The first kappa shape index (κ1) is 15.9. The average Bonchev–Trinajstić information content (AvgIpc) is 3.02. The molecule has 1 heterocycles. The quantitative estimate of drug-likeness (QED) is 0.824. The first-order valence-electron chi connectivity index (χ1n) is 7.67. The molecular weight excluding hydrogens is 312 g/mol. The van der Waals surface area contributed by atoms with Gasteiger partial charge in [0, 0.05) is 17.7 Å². The molecule has 0 aliphatic heterocycles. The Hall–Kier alpha value is -1.95. The molecule has 0 saturated carbocycles. The van der Waals surface area contributed by atoms with Crippen LogP contribution < -0.4 is 10.1 Å². The van der Waals surface area contributed by atoms with Crippen LogP contribution in [-0.2, 0) is 12.8 Å². The van der Waals surface area contributed by atoms with Crippen molar-refractivity contribution in [2.45, 2.75) is 19.3 Å². The molecule has 0 spiro atoms. The van der Waals surface area contributed by atoms with Gasteiger partial charge in [-0.05, 0) is 49.0 Å². The van der Waals surface area contributed by atoms with Gasteiger partial charge >= 0.3 is 0 Å². The summed E-state index contributed by atoms with van der Waals surface area (Å²) >= 11 is 1.77. The van der Waals surface area contributed by atoms with Crippen LogP contribution in [0.1, 0.15) is 28.0 Å². The third-order valence-corrected chi connectivity index (χ3v) is 4.72. The van der Waals surface area contributed by atoms with Crippen molar-refractivity contribution >= 4 is 17.7 Å². The van der Waals surface area contributed by atoms with Crippen molar-refractivity contribution in [2.24, 2.45) is 0 Å². The molecule has 0 atom stereocenters. The fourth-order valence-corrected chi connectivity index (χ4v) is 3.24. The number of benzene rings is 1. The van der Waals surface area contributed by atoms with Gasteiger partial charge in [0.25, 0.3) is 5.91 Å². The second-order valence-corrected chi connectivity index (χ2v) is 6.45. The highest BCUT2D eigenvalue weighted by Crippen LogP contribution is 2.37. The Bertz CT molecular complexity index is 712. The number of aryl methyl sites for hydroxylation is 1. The molecular formula is C17H20N2O3S. The number of ether oxygens (including phenoxy) is 1. The Morgan fingerprint density at radius 3 is 3.09 bits per heavy atom. The topological polar surface area (TPSA) is 64.4 Å². The summed E-state index contributed by atoms with van der Waals surface area (Å²) in [6.07, 6.45) is 4.65. The second kappa shape index (κ2) is 7.08. The second-order valence-electron chi connectivity index (χ2n) is 5.46. The molecule has 1 aliphatic carbocycles. The number of hydrogen-bond donors (Lipinski definition) is 1. The highest BCUT2D eigenvalue weighted by Gasteiger charge is 2.27. The highest BCUT2D eigenvalue weighted by atomic mass is 32.2. The van der Waals surface area contributed by atoms with Gasteiger partial charge in [-0.15, -0.1) is 0 Å². The molecule has 23 heavy (non-hydrogen) atoms. The molecule has 1 aromatic heterocycles. The van der Waals surface area contributed by atoms with Gasteiger partial charge in [-0.2, -0.15) is 11.8 Å². The van der Waals surface area contributed by atoms with Crippen LogP contribution in [0.4, 0.5) is 0 Å². The molecule has 1 N–H and O–H groups in total. The Morgan fingerprint density at radius 1 is 1.43 bits per heavy atom. The van der Waals surface area contributed by atoms with Gasteiger partial charge in [-0.3, -0.25) is 4.79 Å². The lowest BCUT2D eigenvalue weighted by molar-refractivity contribution is 0.0944. The molecule has 0 saturated heterocycles. The van der Waals surface area contributed by atoms with Crippen LogP contribution in [0.15, 0.2) is 22.7 Å². The lowest BCUT2D eigenvalue weighted by Gasteiger charge is -2.15. The molecule has 0 fully saturated rings. The molecule has 0 radical (unpaired) electrons. The minimum absolute atomic E-state index is 0.151. The number of fused-ring (bicyclic) bond motifs is 3. The van der Waals surface area contributed by atoms with Gasteiger partial charge in [0.1, 0.15) is 5.75 Å². The van der Waals surface area contributed by atoms with Gasteiger partial charge < -0.3 is 14.6 Å². The summed E-state index contributed by atoms with van der Waals surface area (Å²) < 4.78 is 10.8. The van der Waals surface area contributed by atoms with Crippen molar-refractivity contribution in [1.82, 2.24) is 10.5 Å². The molecule has 122 valence electrons. The van der Waals surface area contributed by atoms with E-state index in [2.05, 4.69) is 16.7 Å². The summed E-state index contributed by atoms with van der Waals surface area (Å²) in [6, 6.07) is 5.93. The highest BCUT2D eigenvalue weighted by molar-refractivity contribution is 7.98. The molecule has 0 unspecified atom stereocenters. The maximum Gasteiger partial charge on any atom is 0.273 e. The summed E-state index contributed by atoms with van der Waals surface area (Å²) in [7, 11) is 1.64. The zero-order chi connectivity index (χ0) is 16.2. The van der Waals surface area contributed by atoms with E-state index in [1.807, 2.05) is 18.2 Å². The van der Waals surface area contributed by atoms with Crippen molar-refractivity contribution in [1.29, 1.82) is 0 Å². The smallest absolute Gasteiger partial charge is 0.273 e. The van der Waals surface area contributed by atoms with Crippen LogP contribution in [0, 0.1) is 0 Å². The van der Waals surface area contributed by atoms with E-state index in [4.69, 9.17) is 9.26 Å². The number of amides is 1. The summed E-state index contributed by atoms with van der Waals surface area (Å²) in [4.78, 5) is 12.3. The summed E-state index contributed by atoms with van der Waals surface area (Å²) in [5, 5.41) is 6.93. The monoisotopic (exact) mass is 332 g/mol. The molecule has 2 aromatic rings. The lowest BCUT2D eigenvalue weighted by Crippen LogP contribution is -2.26. The molecule has 5 nitrogen and oxygen atoms in total. The summed E-state index contributed by atoms with van der Waals surface area (Å²) in [5.74, 6) is 2.35. The minimum atomic E-state index is -0.151. The van der Waals surface area contributed by atoms with E-state index < -0.39 is 0 Å². The van der Waals surface area contributed by atoms with Crippen molar-refractivity contribution in [3.05, 3.63) is 35.0 Å². The average molecular weight is 332 g/mol. The van der Waals surface area contributed by atoms with Crippen LogP contribution >= 0.6 is 11.8 Å². The Labute approximate surface area is 139 Å². The van der Waals surface area contributed by atoms with E-state index in [0.29, 0.717) is 18.0 Å². The van der Waals surface area contributed by atoms with Crippen LogP contribution in [0.3, 0.4) is 0 Å². The molecule has 1 aromatic carbocycles. The number of aromatic nitrogens is 1. The number of carbonyl (C=O) groups is 1. The van der Waals surface area contributed by atoms with Crippen molar-refractivity contribution in [2.75, 3.05) is 25.7 Å². The van der Waals surface area contributed by atoms with Crippen LogP contribution in [0.5, 0.6) is 5.75 Å². The third-order valence-electron chi connectivity index (χ3n) is 4.02. The molecule has 1 aliphatic rings. The Morgan fingerprint density at radius 2 is 2.30 bits per heavy atom. The number of hydrogen-bond acceptors (Lipinski definition) is 5. The van der Waals surface area contributed by atoms with Gasteiger partial charge in [0.05, 0.1) is 7.11 Å². The van der Waals surface area contributed by atoms with Crippen LogP contribution in [-0.4, -0.2) is 36.7 Å². The van der Waals surface area contributed by atoms with Gasteiger partial charge in [-0.25, -0.2) is 0 Å². The van der Waals surface area contributed by atoms with Crippen LogP contribution in [0.2, 0.25) is 0 Å². The van der Waals surface area contributed by atoms with Gasteiger partial charge in [0.2, 0.25) is 0 Å². The van der Waals surface area contributed by atoms with Crippen LogP contribution in [0.25, 0.3) is 11.3 Å². The zero-order valence-corrected chi connectivity index (χ0v) is 14.2. The summed E-state index contributed by atoms with van der Waals surface area (Å²) in [5.41, 5.74) is 3.48.